The Balaban J connectivity index is 1.47. The minimum Gasteiger partial charge on any atom is -0.353 e. The number of urea groups is 1. The number of carbonyl (C=O) groups excluding carboxylic acids is 2. The maximum absolute atomic E-state index is 13.4. The van der Waals surface area contributed by atoms with E-state index in [1.54, 1.807) is 6.07 Å². The minimum atomic E-state index is -0.363. The summed E-state index contributed by atoms with van der Waals surface area (Å²) in [6.07, 6.45) is 1.45. The van der Waals surface area contributed by atoms with Crippen LogP contribution in [-0.4, -0.2) is 71.1 Å². The van der Waals surface area contributed by atoms with E-state index in [2.05, 4.69) is 25.1 Å². The van der Waals surface area contributed by atoms with Crippen molar-refractivity contribution < 1.29 is 14.0 Å². The van der Waals surface area contributed by atoms with E-state index >= 15 is 0 Å². The van der Waals surface area contributed by atoms with Gasteiger partial charge in [0.15, 0.2) is 0 Å². The van der Waals surface area contributed by atoms with Gasteiger partial charge in [-0.25, -0.2) is 19.2 Å². The van der Waals surface area contributed by atoms with Crippen LogP contribution in [0.3, 0.4) is 0 Å². The average Bonchev–Trinajstić information content (AvgIpc) is 2.65. The normalized spacial score (nSPS) is 22.0. The SMILES string of the molecule is CN1C(=O)CC(N2CCN(c3ncnc4cc(F)ccc34)CC2)NC1=O. The maximum Gasteiger partial charge on any atom is 0.325 e. The number of nitrogens with one attached hydrogen (secondary N) is 1. The van der Waals surface area contributed by atoms with Gasteiger partial charge in [-0.3, -0.25) is 14.6 Å². The third kappa shape index (κ3) is 2.94. The lowest BCUT2D eigenvalue weighted by molar-refractivity contribution is -0.130. The third-order valence-corrected chi connectivity index (χ3v) is 4.97. The van der Waals surface area contributed by atoms with Crippen LogP contribution < -0.4 is 10.2 Å². The molecule has 2 aromatic rings. The molecule has 136 valence electrons. The lowest BCUT2D eigenvalue weighted by atomic mass is 10.1. The molecule has 9 heteroatoms. The van der Waals surface area contributed by atoms with Crippen molar-refractivity contribution in [3.8, 4) is 0 Å². The Morgan fingerprint density at radius 1 is 1.15 bits per heavy atom. The van der Waals surface area contributed by atoms with E-state index in [-0.39, 0.29) is 30.3 Å². The summed E-state index contributed by atoms with van der Waals surface area (Å²) < 4.78 is 13.4. The summed E-state index contributed by atoms with van der Waals surface area (Å²) >= 11 is 0. The Kier molecular flexibility index (Phi) is 4.15. The van der Waals surface area contributed by atoms with E-state index < -0.39 is 0 Å². The first-order valence-corrected chi connectivity index (χ1v) is 8.49. The van der Waals surface area contributed by atoms with Crippen LogP contribution in [0, 0.1) is 5.82 Å². The molecule has 0 bridgehead atoms. The summed E-state index contributed by atoms with van der Waals surface area (Å²) in [5.41, 5.74) is 0.575. The zero-order valence-electron chi connectivity index (χ0n) is 14.4. The van der Waals surface area contributed by atoms with E-state index in [0.29, 0.717) is 31.7 Å². The Morgan fingerprint density at radius 2 is 1.92 bits per heavy atom. The fraction of sp³-hybridized carbons (Fsp3) is 0.412. The predicted octanol–water partition coefficient (Wildman–Crippen LogP) is 0.789. The molecule has 4 rings (SSSR count). The van der Waals surface area contributed by atoms with Crippen LogP contribution in [0.1, 0.15) is 6.42 Å². The number of imide groups is 1. The van der Waals surface area contributed by atoms with Gasteiger partial charge in [0, 0.05) is 44.7 Å². The van der Waals surface area contributed by atoms with Gasteiger partial charge in [-0.2, -0.15) is 0 Å². The molecular formula is C17H19FN6O2. The van der Waals surface area contributed by atoms with Gasteiger partial charge in [0.2, 0.25) is 5.91 Å². The summed E-state index contributed by atoms with van der Waals surface area (Å²) in [4.78, 5) is 37.6. The lowest BCUT2D eigenvalue weighted by Crippen LogP contribution is -2.62. The van der Waals surface area contributed by atoms with Crippen molar-refractivity contribution in [2.45, 2.75) is 12.6 Å². The van der Waals surface area contributed by atoms with Crippen LogP contribution in [0.15, 0.2) is 24.5 Å². The van der Waals surface area contributed by atoms with Gasteiger partial charge in [-0.15, -0.1) is 0 Å². The fourth-order valence-electron chi connectivity index (χ4n) is 3.44. The molecule has 3 amide bonds. The van der Waals surface area contributed by atoms with Crippen LogP contribution in [0.5, 0.6) is 0 Å². The number of piperazine rings is 1. The highest BCUT2D eigenvalue weighted by Gasteiger charge is 2.34. The van der Waals surface area contributed by atoms with Gasteiger partial charge in [0.05, 0.1) is 18.1 Å². The summed E-state index contributed by atoms with van der Waals surface area (Å²) in [5.74, 6) is 0.276. The molecule has 1 unspecified atom stereocenters. The summed E-state index contributed by atoms with van der Waals surface area (Å²) in [6, 6.07) is 4.14. The van der Waals surface area contributed by atoms with Crippen molar-refractivity contribution in [1.82, 2.24) is 25.1 Å². The number of nitrogens with zero attached hydrogens (tertiary/aromatic N) is 5. The number of aromatic nitrogens is 2. The number of rotatable bonds is 2. The molecule has 2 fully saturated rings. The molecule has 1 N–H and O–H groups in total. The quantitative estimate of drug-likeness (QED) is 0.855. The molecule has 2 aliphatic heterocycles. The van der Waals surface area contributed by atoms with E-state index in [1.165, 1.54) is 25.5 Å². The zero-order valence-corrected chi connectivity index (χ0v) is 14.4. The van der Waals surface area contributed by atoms with E-state index in [0.717, 1.165) is 16.1 Å². The first kappa shape index (κ1) is 16.6. The second kappa shape index (κ2) is 6.49. The molecule has 1 atom stereocenters. The predicted molar refractivity (Wildman–Crippen MR) is 93.0 cm³/mol. The summed E-state index contributed by atoms with van der Waals surface area (Å²) in [6.45, 7) is 2.77. The van der Waals surface area contributed by atoms with E-state index in [9.17, 15) is 14.0 Å². The second-order valence-corrected chi connectivity index (χ2v) is 6.50. The van der Waals surface area contributed by atoms with Crippen molar-refractivity contribution in [1.29, 1.82) is 0 Å². The monoisotopic (exact) mass is 358 g/mol. The molecule has 1 aromatic carbocycles. The van der Waals surface area contributed by atoms with E-state index in [4.69, 9.17) is 0 Å². The number of halogens is 1. The standard InChI is InChI=1S/C17H19FN6O2/c1-22-15(25)9-14(21-17(22)26)23-4-6-24(7-5-23)16-12-3-2-11(18)8-13(12)19-10-20-16/h2-3,8,10,14H,4-7,9H2,1H3,(H,21,26). The van der Waals surface area contributed by atoms with E-state index in [1.807, 2.05) is 0 Å². The molecule has 3 heterocycles. The summed E-state index contributed by atoms with van der Waals surface area (Å²) in [7, 11) is 1.48. The zero-order chi connectivity index (χ0) is 18.3. The number of benzene rings is 1. The van der Waals surface area contributed by atoms with Crippen LogP contribution in [0.4, 0.5) is 15.0 Å². The lowest BCUT2D eigenvalue weighted by Gasteiger charge is -2.42. The van der Waals surface area contributed by atoms with Crippen LogP contribution in [0.25, 0.3) is 10.9 Å². The topological polar surface area (TPSA) is 81.7 Å². The second-order valence-electron chi connectivity index (χ2n) is 6.50. The van der Waals surface area contributed by atoms with Crippen molar-refractivity contribution in [2.75, 3.05) is 38.1 Å². The average molecular weight is 358 g/mol. The highest BCUT2D eigenvalue weighted by molar-refractivity contribution is 5.96. The molecule has 0 radical (unpaired) electrons. The molecule has 1 aromatic heterocycles. The van der Waals surface area contributed by atoms with Gasteiger partial charge >= 0.3 is 6.03 Å². The third-order valence-electron chi connectivity index (χ3n) is 4.97. The first-order chi connectivity index (χ1) is 12.5. The van der Waals surface area contributed by atoms with Crippen molar-refractivity contribution in [3.05, 3.63) is 30.3 Å². The molecule has 26 heavy (non-hydrogen) atoms. The number of hydrogen-bond acceptors (Lipinski definition) is 6. The first-order valence-electron chi connectivity index (χ1n) is 8.49. The number of anilines is 1. The largest absolute Gasteiger partial charge is 0.353 e. The molecule has 0 aliphatic carbocycles. The van der Waals surface area contributed by atoms with Crippen molar-refractivity contribution >= 4 is 28.7 Å². The van der Waals surface area contributed by atoms with Crippen LogP contribution in [-0.2, 0) is 4.79 Å². The maximum atomic E-state index is 13.4. The Bertz CT molecular complexity index is 849. The number of hydrogen-bond donors (Lipinski definition) is 1. The van der Waals surface area contributed by atoms with Crippen molar-refractivity contribution in [3.63, 3.8) is 0 Å². The minimum absolute atomic E-state index is 0.176. The van der Waals surface area contributed by atoms with Crippen molar-refractivity contribution in [2.24, 2.45) is 0 Å². The highest BCUT2D eigenvalue weighted by atomic mass is 19.1. The number of amides is 3. The smallest absolute Gasteiger partial charge is 0.325 e. The highest BCUT2D eigenvalue weighted by Crippen LogP contribution is 2.25. The van der Waals surface area contributed by atoms with Crippen LogP contribution >= 0.6 is 0 Å². The van der Waals surface area contributed by atoms with Gasteiger partial charge in [-0.1, -0.05) is 0 Å². The van der Waals surface area contributed by atoms with Gasteiger partial charge < -0.3 is 10.2 Å². The Labute approximate surface area is 149 Å². The number of fused-ring (bicyclic) bond motifs is 1. The van der Waals surface area contributed by atoms with Crippen LogP contribution in [0.2, 0.25) is 0 Å². The van der Waals surface area contributed by atoms with Gasteiger partial charge in [0.25, 0.3) is 0 Å². The molecule has 2 saturated heterocycles. The van der Waals surface area contributed by atoms with Gasteiger partial charge in [-0.05, 0) is 12.1 Å². The summed E-state index contributed by atoms with van der Waals surface area (Å²) in [5, 5.41) is 3.67. The molecular weight excluding hydrogens is 339 g/mol. The molecule has 0 saturated carbocycles. The molecule has 8 nitrogen and oxygen atoms in total. The fourth-order valence-corrected chi connectivity index (χ4v) is 3.44. The Morgan fingerprint density at radius 3 is 2.65 bits per heavy atom. The van der Waals surface area contributed by atoms with Gasteiger partial charge in [0.1, 0.15) is 18.0 Å². The molecule has 0 spiro atoms. The molecule has 2 aliphatic rings. The Hall–Kier alpha value is -2.81. The number of carbonyl (C=O) groups is 2.